The van der Waals surface area contributed by atoms with E-state index >= 15 is 0 Å². The lowest BCUT2D eigenvalue weighted by Crippen LogP contribution is -1.94. The molecule has 0 fully saturated rings. The van der Waals surface area contributed by atoms with Gasteiger partial charge in [-0.05, 0) is 24.3 Å². The second-order valence-electron chi connectivity index (χ2n) is 2.02. The molecule has 0 aliphatic carbocycles. The Labute approximate surface area is 85.2 Å². The molecule has 2 nitrogen and oxygen atoms in total. The van der Waals surface area contributed by atoms with Crippen molar-refractivity contribution in [1.82, 2.24) is 10.2 Å². The number of nitrogens with zero attached hydrogens (tertiary/aromatic N) is 2. The number of hydrogen-bond acceptors (Lipinski definition) is 2. The minimum Gasteiger partial charge on any atom is -0.159 e. The fourth-order valence-electron chi connectivity index (χ4n) is 0.582. The van der Waals surface area contributed by atoms with Crippen LogP contribution in [0.4, 0.5) is 0 Å². The highest BCUT2D eigenvalue weighted by atomic mass is 35.6. The minimum absolute atomic E-state index is 0.656. The van der Waals surface area contributed by atoms with Crippen molar-refractivity contribution in [2.24, 2.45) is 0 Å². The summed E-state index contributed by atoms with van der Waals surface area (Å²) in [6.45, 7) is 0. The van der Waals surface area contributed by atoms with Gasteiger partial charge in [0.2, 0.25) is 3.79 Å². The predicted molar refractivity (Wildman–Crippen MR) is 51.4 cm³/mol. The summed E-state index contributed by atoms with van der Waals surface area (Å²) in [5.74, 6) is 0. The molecule has 0 saturated heterocycles. The monoisotopic (exact) mass is 222 g/mol. The van der Waals surface area contributed by atoms with Crippen LogP contribution in [0, 0.1) is 0 Å². The summed E-state index contributed by atoms with van der Waals surface area (Å²) in [7, 11) is 0. The van der Waals surface area contributed by atoms with Crippen molar-refractivity contribution in [3.8, 4) is 0 Å². The highest BCUT2D eigenvalue weighted by Crippen LogP contribution is 2.27. The quantitative estimate of drug-likeness (QED) is 0.684. The first-order chi connectivity index (χ1) is 5.58. The Morgan fingerprint density at radius 2 is 2.08 bits per heavy atom. The van der Waals surface area contributed by atoms with Crippen LogP contribution in [0.15, 0.2) is 24.4 Å². The van der Waals surface area contributed by atoms with Gasteiger partial charge in [-0.2, -0.15) is 10.2 Å². The summed E-state index contributed by atoms with van der Waals surface area (Å²) in [4.78, 5) is 0. The summed E-state index contributed by atoms with van der Waals surface area (Å²) in [6.07, 6.45) is 4.59. The predicted octanol–water partition coefficient (Wildman–Crippen LogP) is 2.86. The maximum Gasteiger partial charge on any atom is 0.209 e. The van der Waals surface area contributed by atoms with E-state index < -0.39 is 3.79 Å². The summed E-state index contributed by atoms with van der Waals surface area (Å²) in [5, 5.41) is 7.42. The van der Waals surface area contributed by atoms with Crippen LogP contribution in [-0.4, -0.2) is 14.0 Å². The molecule has 0 aromatic carbocycles. The Morgan fingerprint density at radius 3 is 2.58 bits per heavy atom. The van der Waals surface area contributed by atoms with E-state index in [4.69, 9.17) is 34.8 Å². The van der Waals surface area contributed by atoms with Crippen molar-refractivity contribution in [1.29, 1.82) is 0 Å². The molecule has 64 valence electrons. The molecule has 0 N–H and O–H groups in total. The molecule has 1 heterocycles. The smallest absolute Gasteiger partial charge is 0.159 e. The lowest BCUT2D eigenvalue weighted by Gasteiger charge is -2.01. The van der Waals surface area contributed by atoms with Gasteiger partial charge in [0.15, 0.2) is 0 Å². The summed E-state index contributed by atoms with van der Waals surface area (Å²) >= 11 is 16.4. The van der Waals surface area contributed by atoms with Gasteiger partial charge in [-0.25, -0.2) is 0 Å². The molecule has 1 aromatic heterocycles. The largest absolute Gasteiger partial charge is 0.209 e. The molecule has 0 spiro atoms. The van der Waals surface area contributed by atoms with E-state index in [0.717, 1.165) is 0 Å². The zero-order chi connectivity index (χ0) is 9.03. The molecule has 0 aliphatic heterocycles. The average Bonchev–Trinajstić information content (AvgIpc) is 2.02. The van der Waals surface area contributed by atoms with Gasteiger partial charge in [-0.15, -0.1) is 0 Å². The van der Waals surface area contributed by atoms with Gasteiger partial charge in [0, 0.05) is 6.20 Å². The minimum atomic E-state index is -1.38. The van der Waals surface area contributed by atoms with Gasteiger partial charge in [-0.1, -0.05) is 34.8 Å². The van der Waals surface area contributed by atoms with Gasteiger partial charge in [0.1, 0.15) is 0 Å². The van der Waals surface area contributed by atoms with Crippen molar-refractivity contribution in [2.45, 2.75) is 3.79 Å². The van der Waals surface area contributed by atoms with E-state index in [1.807, 2.05) is 0 Å². The van der Waals surface area contributed by atoms with Crippen LogP contribution in [0.3, 0.4) is 0 Å². The molecular formula is C7H5Cl3N2. The molecule has 0 saturated carbocycles. The first kappa shape index (κ1) is 9.78. The lowest BCUT2D eigenvalue weighted by molar-refractivity contribution is 1.02. The van der Waals surface area contributed by atoms with E-state index in [2.05, 4.69) is 10.2 Å². The fourth-order valence-corrected chi connectivity index (χ4v) is 0.771. The van der Waals surface area contributed by atoms with E-state index in [0.29, 0.717) is 5.69 Å². The van der Waals surface area contributed by atoms with Gasteiger partial charge >= 0.3 is 0 Å². The standard InChI is InChI=1S/C7H5Cl3N2/c8-7(9,10)4-3-6-2-1-5-11-12-6/h1-5H. The zero-order valence-electron chi connectivity index (χ0n) is 5.92. The third kappa shape index (κ3) is 3.90. The van der Waals surface area contributed by atoms with Crippen LogP contribution in [0.5, 0.6) is 0 Å². The molecular weight excluding hydrogens is 218 g/mol. The first-order valence-corrected chi connectivity index (χ1v) is 4.25. The van der Waals surface area contributed by atoms with Crippen molar-refractivity contribution in [3.05, 3.63) is 30.1 Å². The normalized spacial score (nSPS) is 12.2. The van der Waals surface area contributed by atoms with E-state index in [1.54, 1.807) is 24.4 Å². The Balaban J connectivity index is 2.71. The molecule has 0 bridgehead atoms. The highest BCUT2D eigenvalue weighted by molar-refractivity contribution is 6.69. The molecule has 0 unspecified atom stereocenters. The zero-order valence-corrected chi connectivity index (χ0v) is 8.18. The number of halogens is 3. The Morgan fingerprint density at radius 1 is 1.33 bits per heavy atom. The van der Waals surface area contributed by atoms with Crippen LogP contribution >= 0.6 is 34.8 Å². The van der Waals surface area contributed by atoms with Crippen molar-refractivity contribution in [3.63, 3.8) is 0 Å². The van der Waals surface area contributed by atoms with Gasteiger partial charge in [0.25, 0.3) is 0 Å². The van der Waals surface area contributed by atoms with Crippen molar-refractivity contribution >= 4 is 40.9 Å². The molecule has 0 radical (unpaired) electrons. The molecule has 0 atom stereocenters. The molecule has 0 aliphatic rings. The second-order valence-corrected chi connectivity index (χ2v) is 4.39. The third-order valence-electron chi connectivity index (χ3n) is 1.04. The van der Waals surface area contributed by atoms with Crippen LogP contribution in [-0.2, 0) is 0 Å². The number of rotatable bonds is 1. The van der Waals surface area contributed by atoms with Crippen LogP contribution in [0.25, 0.3) is 6.08 Å². The maximum absolute atomic E-state index is 5.48. The van der Waals surface area contributed by atoms with Crippen LogP contribution in [0.2, 0.25) is 0 Å². The summed E-state index contributed by atoms with van der Waals surface area (Å²) in [5.41, 5.74) is 0.656. The first-order valence-electron chi connectivity index (χ1n) is 3.11. The Bertz CT molecular complexity index is 266. The number of allylic oxidation sites excluding steroid dienone is 1. The van der Waals surface area contributed by atoms with Crippen LogP contribution in [0.1, 0.15) is 5.69 Å². The van der Waals surface area contributed by atoms with E-state index in [1.165, 1.54) is 6.08 Å². The van der Waals surface area contributed by atoms with E-state index in [9.17, 15) is 0 Å². The summed E-state index contributed by atoms with van der Waals surface area (Å²) in [6, 6.07) is 3.52. The van der Waals surface area contributed by atoms with E-state index in [-0.39, 0.29) is 0 Å². The molecule has 0 amide bonds. The van der Waals surface area contributed by atoms with Crippen molar-refractivity contribution < 1.29 is 0 Å². The lowest BCUT2D eigenvalue weighted by atomic mass is 10.3. The van der Waals surface area contributed by atoms with Crippen molar-refractivity contribution in [2.75, 3.05) is 0 Å². The maximum atomic E-state index is 5.48. The summed E-state index contributed by atoms with van der Waals surface area (Å²) < 4.78 is -1.38. The number of hydrogen-bond donors (Lipinski definition) is 0. The number of aromatic nitrogens is 2. The van der Waals surface area contributed by atoms with Crippen LogP contribution < -0.4 is 0 Å². The van der Waals surface area contributed by atoms with Gasteiger partial charge in [0.05, 0.1) is 5.69 Å². The Kier molecular flexibility index (Phi) is 3.32. The Hall–Kier alpha value is -0.310. The number of alkyl halides is 3. The third-order valence-corrected chi connectivity index (χ3v) is 1.41. The topological polar surface area (TPSA) is 25.8 Å². The second kappa shape index (κ2) is 4.08. The van der Waals surface area contributed by atoms with Gasteiger partial charge < -0.3 is 0 Å². The fraction of sp³-hybridized carbons (Fsp3) is 0.143. The molecule has 5 heteroatoms. The SMILES string of the molecule is ClC(Cl)(Cl)C=Cc1cccnn1. The molecule has 12 heavy (non-hydrogen) atoms. The average molecular weight is 223 g/mol. The molecule has 1 rings (SSSR count). The van der Waals surface area contributed by atoms with Gasteiger partial charge in [-0.3, -0.25) is 0 Å². The molecule has 1 aromatic rings. The highest BCUT2D eigenvalue weighted by Gasteiger charge is 2.13.